The van der Waals surface area contributed by atoms with Gasteiger partial charge in [0.25, 0.3) is 0 Å². The Morgan fingerprint density at radius 3 is 2.60 bits per heavy atom. The summed E-state index contributed by atoms with van der Waals surface area (Å²) in [6.07, 6.45) is 6.66. The molecule has 0 heterocycles. The van der Waals surface area contributed by atoms with Crippen LogP contribution in [-0.2, 0) is 0 Å². The Labute approximate surface area is 104 Å². The van der Waals surface area contributed by atoms with Crippen LogP contribution in [0.15, 0.2) is 22.7 Å². The Balaban J connectivity index is 2.03. The van der Waals surface area contributed by atoms with Crippen molar-refractivity contribution in [2.24, 2.45) is 0 Å². The summed E-state index contributed by atoms with van der Waals surface area (Å²) in [5.41, 5.74) is 0. The molecule has 0 bridgehead atoms. The molecule has 0 spiro atoms. The van der Waals surface area contributed by atoms with Crippen LogP contribution in [0, 0.1) is 0 Å². The summed E-state index contributed by atoms with van der Waals surface area (Å²) in [6.45, 7) is 0. The molecule has 2 rings (SSSR count). The van der Waals surface area contributed by atoms with Gasteiger partial charge in [-0.1, -0.05) is 18.0 Å². The predicted octanol–water partition coefficient (Wildman–Crippen LogP) is 4.81. The molecule has 0 radical (unpaired) electrons. The van der Waals surface area contributed by atoms with Crippen LogP contribution < -0.4 is 4.74 Å². The van der Waals surface area contributed by atoms with Crippen LogP contribution in [0.1, 0.15) is 32.1 Å². The quantitative estimate of drug-likeness (QED) is 0.759. The third-order valence-corrected chi connectivity index (χ3v) is 3.59. The van der Waals surface area contributed by atoms with Gasteiger partial charge in [0.15, 0.2) is 0 Å². The van der Waals surface area contributed by atoms with Gasteiger partial charge in [0.05, 0.1) is 10.6 Å². The van der Waals surface area contributed by atoms with Crippen molar-refractivity contribution in [3.05, 3.63) is 27.7 Å². The van der Waals surface area contributed by atoms with Crippen LogP contribution in [0.2, 0.25) is 5.02 Å². The summed E-state index contributed by atoms with van der Waals surface area (Å²) in [4.78, 5) is 0. The van der Waals surface area contributed by atoms with Gasteiger partial charge in [-0.3, -0.25) is 0 Å². The maximum Gasteiger partial charge on any atom is 0.133 e. The first-order valence-electron chi connectivity index (χ1n) is 5.37. The van der Waals surface area contributed by atoms with E-state index in [1.807, 2.05) is 18.2 Å². The van der Waals surface area contributed by atoms with E-state index in [0.29, 0.717) is 6.10 Å². The molecule has 0 atom stereocenters. The van der Waals surface area contributed by atoms with Gasteiger partial charge in [-0.05, 0) is 59.8 Å². The summed E-state index contributed by atoms with van der Waals surface area (Å²) >= 11 is 9.34. The molecular formula is C12H14BrClO. The SMILES string of the molecule is Clc1ccc(OC2CCCCC2)c(Br)c1. The van der Waals surface area contributed by atoms with E-state index in [-0.39, 0.29) is 0 Å². The van der Waals surface area contributed by atoms with Crippen molar-refractivity contribution < 1.29 is 4.74 Å². The van der Waals surface area contributed by atoms with E-state index in [0.717, 1.165) is 15.2 Å². The van der Waals surface area contributed by atoms with Gasteiger partial charge < -0.3 is 4.74 Å². The standard InChI is InChI=1S/C12H14BrClO/c13-11-8-9(14)6-7-12(11)15-10-4-2-1-3-5-10/h6-8,10H,1-5H2. The number of rotatable bonds is 2. The second-order valence-electron chi connectivity index (χ2n) is 3.95. The molecule has 1 aliphatic carbocycles. The van der Waals surface area contributed by atoms with Gasteiger partial charge in [-0.25, -0.2) is 0 Å². The lowest BCUT2D eigenvalue weighted by molar-refractivity contribution is 0.154. The van der Waals surface area contributed by atoms with E-state index in [1.54, 1.807) is 0 Å². The fraction of sp³-hybridized carbons (Fsp3) is 0.500. The van der Waals surface area contributed by atoms with E-state index in [9.17, 15) is 0 Å². The van der Waals surface area contributed by atoms with Crippen LogP contribution in [0.25, 0.3) is 0 Å². The minimum absolute atomic E-state index is 0.385. The molecule has 1 aromatic rings. The molecular weight excluding hydrogens is 275 g/mol. The van der Waals surface area contributed by atoms with Crippen molar-refractivity contribution in [1.82, 2.24) is 0 Å². The monoisotopic (exact) mass is 288 g/mol. The highest BCUT2D eigenvalue weighted by atomic mass is 79.9. The summed E-state index contributed by atoms with van der Waals surface area (Å²) < 4.78 is 6.88. The lowest BCUT2D eigenvalue weighted by Crippen LogP contribution is -2.19. The molecule has 1 aliphatic rings. The normalized spacial score (nSPS) is 17.7. The topological polar surface area (TPSA) is 9.23 Å². The molecule has 82 valence electrons. The van der Waals surface area contributed by atoms with Crippen molar-refractivity contribution in [1.29, 1.82) is 0 Å². The Hall–Kier alpha value is -0.210. The van der Waals surface area contributed by atoms with E-state index in [1.165, 1.54) is 32.1 Å². The first-order valence-corrected chi connectivity index (χ1v) is 6.54. The van der Waals surface area contributed by atoms with Gasteiger partial charge >= 0.3 is 0 Å². The molecule has 1 fully saturated rings. The molecule has 0 N–H and O–H groups in total. The zero-order valence-corrected chi connectivity index (χ0v) is 10.9. The highest BCUT2D eigenvalue weighted by Crippen LogP contribution is 2.31. The molecule has 0 aromatic heterocycles. The number of hydrogen-bond acceptors (Lipinski definition) is 1. The third kappa shape index (κ3) is 3.12. The molecule has 1 aromatic carbocycles. The van der Waals surface area contributed by atoms with E-state index >= 15 is 0 Å². The average molecular weight is 290 g/mol. The third-order valence-electron chi connectivity index (χ3n) is 2.74. The Morgan fingerprint density at radius 2 is 1.93 bits per heavy atom. The van der Waals surface area contributed by atoms with Crippen LogP contribution >= 0.6 is 27.5 Å². The molecule has 1 nitrogen and oxygen atoms in total. The zero-order valence-electron chi connectivity index (χ0n) is 8.51. The highest BCUT2D eigenvalue weighted by Gasteiger charge is 2.15. The van der Waals surface area contributed by atoms with Crippen molar-refractivity contribution in [2.45, 2.75) is 38.2 Å². The molecule has 0 unspecified atom stereocenters. The van der Waals surface area contributed by atoms with Crippen LogP contribution in [-0.4, -0.2) is 6.10 Å². The van der Waals surface area contributed by atoms with Gasteiger partial charge in [0, 0.05) is 5.02 Å². The lowest BCUT2D eigenvalue weighted by Gasteiger charge is -2.23. The van der Waals surface area contributed by atoms with Crippen LogP contribution in [0.4, 0.5) is 0 Å². The number of hydrogen-bond donors (Lipinski definition) is 0. The fourth-order valence-corrected chi connectivity index (χ4v) is 2.71. The van der Waals surface area contributed by atoms with Gasteiger partial charge in [-0.15, -0.1) is 0 Å². The highest BCUT2D eigenvalue weighted by molar-refractivity contribution is 9.10. The number of halogens is 2. The van der Waals surface area contributed by atoms with Crippen LogP contribution in [0.3, 0.4) is 0 Å². The molecule has 0 aliphatic heterocycles. The summed E-state index contributed by atoms with van der Waals surface area (Å²) in [7, 11) is 0. The maximum absolute atomic E-state index is 5.94. The summed E-state index contributed by atoms with van der Waals surface area (Å²) in [5, 5.41) is 0.734. The van der Waals surface area contributed by atoms with Gasteiger partial charge in [0.2, 0.25) is 0 Å². The van der Waals surface area contributed by atoms with E-state index in [4.69, 9.17) is 16.3 Å². The largest absolute Gasteiger partial charge is 0.489 e. The first kappa shape index (κ1) is 11.3. The molecule has 15 heavy (non-hydrogen) atoms. The van der Waals surface area contributed by atoms with Crippen molar-refractivity contribution in [3.63, 3.8) is 0 Å². The van der Waals surface area contributed by atoms with Gasteiger partial charge in [0.1, 0.15) is 5.75 Å². The van der Waals surface area contributed by atoms with Crippen LogP contribution in [0.5, 0.6) is 5.75 Å². The summed E-state index contributed by atoms with van der Waals surface area (Å²) in [6, 6.07) is 5.67. The predicted molar refractivity (Wildman–Crippen MR) is 66.7 cm³/mol. The second-order valence-corrected chi connectivity index (χ2v) is 5.24. The van der Waals surface area contributed by atoms with E-state index in [2.05, 4.69) is 15.9 Å². The molecule has 1 saturated carbocycles. The van der Waals surface area contributed by atoms with Crippen molar-refractivity contribution in [3.8, 4) is 5.75 Å². The Kier molecular flexibility index (Phi) is 3.92. The second kappa shape index (κ2) is 5.22. The van der Waals surface area contributed by atoms with Crippen molar-refractivity contribution >= 4 is 27.5 Å². The van der Waals surface area contributed by atoms with Crippen molar-refractivity contribution in [2.75, 3.05) is 0 Å². The Bertz CT molecular complexity index is 334. The Morgan fingerprint density at radius 1 is 1.20 bits per heavy atom. The summed E-state index contributed by atoms with van der Waals surface area (Å²) in [5.74, 6) is 0.909. The average Bonchev–Trinajstić information content (AvgIpc) is 2.24. The molecule has 0 amide bonds. The van der Waals surface area contributed by atoms with Gasteiger partial charge in [-0.2, -0.15) is 0 Å². The number of benzene rings is 1. The first-order chi connectivity index (χ1) is 7.25. The number of ether oxygens (including phenoxy) is 1. The zero-order chi connectivity index (χ0) is 10.7. The smallest absolute Gasteiger partial charge is 0.133 e. The van der Waals surface area contributed by atoms with E-state index < -0.39 is 0 Å². The fourth-order valence-electron chi connectivity index (χ4n) is 1.93. The molecule has 0 saturated heterocycles. The molecule has 3 heteroatoms. The minimum atomic E-state index is 0.385. The minimum Gasteiger partial charge on any atom is -0.489 e. The lowest BCUT2D eigenvalue weighted by atomic mass is 9.98. The maximum atomic E-state index is 5.94.